The lowest BCUT2D eigenvalue weighted by atomic mass is 10.2. The summed E-state index contributed by atoms with van der Waals surface area (Å²) in [4.78, 5) is 9.44. The van der Waals surface area contributed by atoms with Crippen LogP contribution in [0.2, 0.25) is 0 Å². The van der Waals surface area contributed by atoms with Gasteiger partial charge in [0.15, 0.2) is 10.8 Å². The van der Waals surface area contributed by atoms with E-state index in [-0.39, 0.29) is 0 Å². The average molecular weight is 397 g/mol. The van der Waals surface area contributed by atoms with Crippen LogP contribution in [0.4, 0.5) is 5.69 Å². The number of allylic oxidation sites excluding steroid dienone is 1. The van der Waals surface area contributed by atoms with Crippen LogP contribution < -0.4 is 5.43 Å². The minimum Gasteiger partial charge on any atom is -0.259 e. The maximum Gasteiger partial charge on any atom is 0.183 e. The van der Waals surface area contributed by atoms with Gasteiger partial charge in [-0.05, 0) is 42.8 Å². The third kappa shape index (κ3) is 5.03. The van der Waals surface area contributed by atoms with E-state index in [1.54, 1.807) is 17.6 Å². The minimum atomic E-state index is 0.624. The molecule has 1 heterocycles. The van der Waals surface area contributed by atoms with Gasteiger partial charge in [-0.25, -0.2) is 9.98 Å². The highest BCUT2D eigenvalue weighted by molar-refractivity contribution is 7.20. The van der Waals surface area contributed by atoms with Crippen molar-refractivity contribution in [3.8, 4) is 0 Å². The number of aryl methyl sites for hydroxylation is 1. The van der Waals surface area contributed by atoms with Gasteiger partial charge in [-0.2, -0.15) is 5.10 Å². The zero-order chi connectivity index (χ0) is 19.9. The third-order valence-corrected chi connectivity index (χ3v) is 5.23. The number of rotatable bonds is 5. The van der Waals surface area contributed by atoms with Gasteiger partial charge >= 0.3 is 0 Å². The summed E-state index contributed by atoms with van der Waals surface area (Å²) >= 11 is 1.59. The number of aromatic nitrogens is 1. The quantitative estimate of drug-likeness (QED) is 0.257. The summed E-state index contributed by atoms with van der Waals surface area (Å²) in [6.45, 7) is 2.06. The van der Waals surface area contributed by atoms with Crippen molar-refractivity contribution < 1.29 is 0 Å². The Morgan fingerprint density at radius 1 is 0.931 bits per heavy atom. The molecule has 0 radical (unpaired) electrons. The first-order valence-electron chi connectivity index (χ1n) is 9.30. The molecule has 0 unspecified atom stereocenters. The highest BCUT2D eigenvalue weighted by atomic mass is 32.1. The fraction of sp³-hybridized carbons (Fsp3) is 0.0417. The van der Waals surface area contributed by atoms with E-state index in [1.165, 1.54) is 5.56 Å². The molecule has 0 aliphatic carbocycles. The van der Waals surface area contributed by atoms with E-state index in [2.05, 4.69) is 23.5 Å². The standard InChI is InChI=1S/C24H20N4S/c1-18-13-15-20(16-14-18)26-23(24-27-21-11-5-6-12-22(21)29-24)28-25-17-7-10-19-8-3-2-4-9-19/h2-17H,1H3,(H,26,28)/b10-7+,25-17-. The summed E-state index contributed by atoms with van der Waals surface area (Å²) in [6.07, 6.45) is 5.61. The van der Waals surface area contributed by atoms with E-state index in [0.29, 0.717) is 5.84 Å². The number of aliphatic imine (C=N–C) groups is 1. The Labute approximate surface area is 174 Å². The van der Waals surface area contributed by atoms with Crippen LogP contribution in [0.25, 0.3) is 16.3 Å². The van der Waals surface area contributed by atoms with Gasteiger partial charge in [-0.1, -0.05) is 66.2 Å². The lowest BCUT2D eigenvalue weighted by Gasteiger charge is -2.02. The molecule has 0 spiro atoms. The van der Waals surface area contributed by atoms with Crippen molar-refractivity contribution in [2.45, 2.75) is 6.92 Å². The molecular formula is C24H20N4S. The molecule has 4 rings (SSSR count). The van der Waals surface area contributed by atoms with E-state index in [1.807, 2.05) is 84.9 Å². The van der Waals surface area contributed by atoms with Gasteiger partial charge in [0.25, 0.3) is 0 Å². The van der Waals surface area contributed by atoms with Gasteiger partial charge in [0.05, 0.1) is 15.9 Å². The van der Waals surface area contributed by atoms with E-state index >= 15 is 0 Å². The highest BCUT2D eigenvalue weighted by Crippen LogP contribution is 2.23. The molecule has 0 aliphatic heterocycles. The van der Waals surface area contributed by atoms with Gasteiger partial charge in [0, 0.05) is 6.21 Å². The number of fused-ring (bicyclic) bond motifs is 1. The van der Waals surface area contributed by atoms with E-state index in [0.717, 1.165) is 26.5 Å². The molecule has 0 aliphatic rings. The Hall–Kier alpha value is -3.57. The predicted octanol–water partition coefficient (Wildman–Crippen LogP) is 5.97. The number of thiazole rings is 1. The van der Waals surface area contributed by atoms with Crippen molar-refractivity contribution in [3.05, 3.63) is 101 Å². The van der Waals surface area contributed by atoms with E-state index in [4.69, 9.17) is 9.98 Å². The molecule has 3 aromatic carbocycles. The maximum absolute atomic E-state index is 4.74. The molecule has 0 saturated carbocycles. The fourth-order valence-electron chi connectivity index (χ4n) is 2.70. The minimum absolute atomic E-state index is 0.624. The highest BCUT2D eigenvalue weighted by Gasteiger charge is 2.10. The molecule has 0 fully saturated rings. The summed E-state index contributed by atoms with van der Waals surface area (Å²) in [7, 11) is 0. The normalized spacial score (nSPS) is 12.2. The average Bonchev–Trinajstić information content (AvgIpc) is 3.19. The van der Waals surface area contributed by atoms with Crippen LogP contribution in [0.15, 0.2) is 95.0 Å². The Balaban J connectivity index is 1.58. The first-order valence-corrected chi connectivity index (χ1v) is 10.1. The molecule has 29 heavy (non-hydrogen) atoms. The number of hydrazone groups is 1. The fourth-order valence-corrected chi connectivity index (χ4v) is 3.61. The van der Waals surface area contributed by atoms with Crippen molar-refractivity contribution in [1.29, 1.82) is 0 Å². The molecule has 0 saturated heterocycles. The van der Waals surface area contributed by atoms with Crippen LogP contribution in [0.3, 0.4) is 0 Å². The number of benzene rings is 3. The van der Waals surface area contributed by atoms with Crippen molar-refractivity contribution in [2.75, 3.05) is 0 Å². The summed E-state index contributed by atoms with van der Waals surface area (Å²) in [5.74, 6) is 0.624. The van der Waals surface area contributed by atoms with Gasteiger partial charge in [0.2, 0.25) is 0 Å². The predicted molar refractivity (Wildman–Crippen MR) is 124 cm³/mol. The Morgan fingerprint density at radius 2 is 1.69 bits per heavy atom. The topological polar surface area (TPSA) is 49.6 Å². The molecule has 4 nitrogen and oxygen atoms in total. The Morgan fingerprint density at radius 3 is 2.48 bits per heavy atom. The smallest absolute Gasteiger partial charge is 0.183 e. The molecule has 1 aromatic heterocycles. The number of amidine groups is 1. The number of hydrogen-bond donors (Lipinski definition) is 1. The maximum atomic E-state index is 4.74. The van der Waals surface area contributed by atoms with E-state index in [9.17, 15) is 0 Å². The second-order valence-electron chi connectivity index (χ2n) is 6.44. The number of nitrogens with zero attached hydrogens (tertiary/aromatic N) is 3. The Bertz CT molecular complexity index is 1140. The second kappa shape index (κ2) is 9.08. The van der Waals surface area contributed by atoms with E-state index < -0.39 is 0 Å². The summed E-state index contributed by atoms with van der Waals surface area (Å²) in [5, 5.41) is 5.12. The molecule has 142 valence electrons. The molecule has 0 amide bonds. The third-order valence-electron chi connectivity index (χ3n) is 4.19. The lowest BCUT2D eigenvalue weighted by molar-refractivity contribution is 1.03. The van der Waals surface area contributed by atoms with Crippen molar-refractivity contribution in [3.63, 3.8) is 0 Å². The first kappa shape index (κ1) is 18.8. The van der Waals surface area contributed by atoms with Crippen LogP contribution >= 0.6 is 11.3 Å². The molecule has 0 atom stereocenters. The first-order chi connectivity index (χ1) is 14.3. The van der Waals surface area contributed by atoms with Crippen molar-refractivity contribution >= 4 is 45.4 Å². The van der Waals surface area contributed by atoms with Gasteiger partial charge in [-0.3, -0.25) is 5.43 Å². The Kier molecular flexibility index (Phi) is 5.88. The molecule has 0 bridgehead atoms. The number of hydrogen-bond acceptors (Lipinski definition) is 4. The summed E-state index contributed by atoms with van der Waals surface area (Å²) < 4.78 is 1.12. The van der Waals surface area contributed by atoms with Crippen molar-refractivity contribution in [2.24, 2.45) is 10.1 Å². The summed E-state index contributed by atoms with van der Waals surface area (Å²) in [5.41, 5.74) is 7.19. The zero-order valence-corrected chi connectivity index (χ0v) is 16.8. The SMILES string of the molecule is Cc1ccc(N=C(N/N=C\C=C\c2ccccc2)c2nc3ccccc3s2)cc1. The van der Waals surface area contributed by atoms with Crippen LogP contribution in [-0.2, 0) is 0 Å². The number of para-hydroxylation sites is 1. The second-order valence-corrected chi connectivity index (χ2v) is 7.47. The van der Waals surface area contributed by atoms with Crippen LogP contribution in [0.5, 0.6) is 0 Å². The monoisotopic (exact) mass is 396 g/mol. The molecule has 1 N–H and O–H groups in total. The van der Waals surface area contributed by atoms with Crippen LogP contribution in [-0.4, -0.2) is 17.0 Å². The van der Waals surface area contributed by atoms with Gasteiger partial charge in [-0.15, -0.1) is 11.3 Å². The van der Waals surface area contributed by atoms with Crippen LogP contribution in [0, 0.1) is 6.92 Å². The molecular weight excluding hydrogens is 376 g/mol. The molecule has 5 heteroatoms. The zero-order valence-electron chi connectivity index (χ0n) is 16.0. The summed E-state index contributed by atoms with van der Waals surface area (Å²) in [6, 6.07) is 26.2. The van der Waals surface area contributed by atoms with Crippen molar-refractivity contribution in [1.82, 2.24) is 10.4 Å². The van der Waals surface area contributed by atoms with Gasteiger partial charge < -0.3 is 0 Å². The number of nitrogens with one attached hydrogen (secondary N) is 1. The van der Waals surface area contributed by atoms with Gasteiger partial charge in [0.1, 0.15) is 0 Å². The molecule has 4 aromatic rings. The largest absolute Gasteiger partial charge is 0.259 e. The lowest BCUT2D eigenvalue weighted by Crippen LogP contribution is -2.18. The van der Waals surface area contributed by atoms with Crippen LogP contribution in [0.1, 0.15) is 16.1 Å².